The van der Waals surface area contributed by atoms with E-state index in [1.807, 2.05) is 37.3 Å². The number of halogens is 1. The molecule has 0 fully saturated rings. The van der Waals surface area contributed by atoms with Crippen molar-refractivity contribution in [3.63, 3.8) is 0 Å². The first-order chi connectivity index (χ1) is 16.2. The first-order valence-electron chi connectivity index (χ1n) is 10.8. The van der Waals surface area contributed by atoms with E-state index < -0.39 is 21.8 Å². The molecule has 0 unspecified atom stereocenters. The first-order valence-corrected chi connectivity index (χ1v) is 12.3. The maximum atomic E-state index is 14.2. The Morgan fingerprint density at radius 2 is 1.82 bits per heavy atom. The van der Waals surface area contributed by atoms with Gasteiger partial charge in [-0.1, -0.05) is 30.3 Å². The summed E-state index contributed by atoms with van der Waals surface area (Å²) >= 11 is 0. The molecule has 1 aromatic heterocycles. The van der Waals surface area contributed by atoms with Crippen LogP contribution in [-0.2, 0) is 21.2 Å². The van der Waals surface area contributed by atoms with Crippen LogP contribution in [0.4, 0.5) is 4.39 Å². The Labute approximate surface area is 197 Å². The summed E-state index contributed by atoms with van der Waals surface area (Å²) in [5.74, 6) is -1.10. The van der Waals surface area contributed by atoms with Gasteiger partial charge in [-0.25, -0.2) is 16.8 Å². The molecule has 0 atom stereocenters. The van der Waals surface area contributed by atoms with Crippen LogP contribution in [0.3, 0.4) is 0 Å². The van der Waals surface area contributed by atoms with Crippen molar-refractivity contribution in [3.05, 3.63) is 83.8 Å². The third-order valence-electron chi connectivity index (χ3n) is 5.68. The third kappa shape index (κ3) is 4.28. The number of aryl methyl sites for hydroxylation is 1. The van der Waals surface area contributed by atoms with Gasteiger partial charge in [-0.15, -0.1) is 0 Å². The van der Waals surface area contributed by atoms with Crippen molar-refractivity contribution in [2.24, 2.45) is 0 Å². The van der Waals surface area contributed by atoms with Crippen molar-refractivity contribution in [2.45, 2.75) is 31.6 Å². The van der Waals surface area contributed by atoms with Crippen molar-refractivity contribution >= 4 is 26.9 Å². The van der Waals surface area contributed by atoms with Gasteiger partial charge >= 0.3 is 5.97 Å². The van der Waals surface area contributed by atoms with Crippen LogP contribution in [0.15, 0.2) is 71.8 Å². The Morgan fingerprint density at radius 3 is 2.50 bits per heavy atom. The quantitative estimate of drug-likeness (QED) is 0.364. The lowest BCUT2D eigenvalue weighted by Gasteiger charge is -2.18. The number of ether oxygens (including phenoxy) is 1. The van der Waals surface area contributed by atoms with Gasteiger partial charge in [0.1, 0.15) is 16.5 Å². The molecule has 0 aliphatic carbocycles. The van der Waals surface area contributed by atoms with E-state index in [1.54, 1.807) is 19.1 Å². The molecule has 3 aromatic carbocycles. The second-order valence-electron chi connectivity index (χ2n) is 7.87. The van der Waals surface area contributed by atoms with Gasteiger partial charge in [0, 0.05) is 29.1 Å². The maximum Gasteiger partial charge on any atom is 0.303 e. The third-order valence-corrected chi connectivity index (χ3v) is 7.54. The zero-order valence-electron chi connectivity index (χ0n) is 18.8. The SMILES string of the molecule is CCOc1ccc(-c2ccccc2)c(S(=O)(=O)n2cc(CCC(=O)O)c3cc(F)ccc32)c1C. The molecule has 0 bridgehead atoms. The fourth-order valence-electron chi connectivity index (χ4n) is 4.14. The highest BCUT2D eigenvalue weighted by Crippen LogP contribution is 2.38. The van der Waals surface area contributed by atoms with Crippen LogP contribution in [0.5, 0.6) is 5.75 Å². The molecule has 6 nitrogen and oxygen atoms in total. The van der Waals surface area contributed by atoms with Gasteiger partial charge in [0.15, 0.2) is 0 Å². The van der Waals surface area contributed by atoms with Crippen LogP contribution >= 0.6 is 0 Å². The number of carboxylic acid groups (broad SMARTS) is 1. The molecule has 0 amide bonds. The average molecular weight is 482 g/mol. The highest BCUT2D eigenvalue weighted by Gasteiger charge is 2.28. The molecule has 176 valence electrons. The van der Waals surface area contributed by atoms with Crippen LogP contribution < -0.4 is 4.74 Å². The van der Waals surface area contributed by atoms with E-state index in [1.165, 1.54) is 24.4 Å². The average Bonchev–Trinajstić information content (AvgIpc) is 3.18. The largest absolute Gasteiger partial charge is 0.494 e. The number of fused-ring (bicyclic) bond motifs is 1. The van der Waals surface area contributed by atoms with Gasteiger partial charge in [-0.2, -0.15) is 0 Å². The highest BCUT2D eigenvalue weighted by atomic mass is 32.2. The molecule has 0 aliphatic rings. The summed E-state index contributed by atoms with van der Waals surface area (Å²) in [5, 5.41) is 9.48. The fraction of sp³-hybridized carbons (Fsp3) is 0.192. The molecule has 34 heavy (non-hydrogen) atoms. The number of carboxylic acids is 1. The number of benzene rings is 3. The topological polar surface area (TPSA) is 85.6 Å². The van der Waals surface area contributed by atoms with E-state index in [9.17, 15) is 17.6 Å². The minimum Gasteiger partial charge on any atom is -0.494 e. The molecule has 0 aliphatic heterocycles. The molecular weight excluding hydrogens is 457 g/mol. The lowest BCUT2D eigenvalue weighted by atomic mass is 10.0. The monoisotopic (exact) mass is 481 g/mol. The molecule has 4 rings (SSSR count). The normalized spacial score (nSPS) is 11.6. The predicted octanol–water partition coefficient (Wildman–Crippen LogP) is 5.41. The summed E-state index contributed by atoms with van der Waals surface area (Å²) < 4.78 is 49.1. The Balaban J connectivity index is 2.00. The van der Waals surface area contributed by atoms with Crippen molar-refractivity contribution in [3.8, 4) is 16.9 Å². The number of hydrogen-bond acceptors (Lipinski definition) is 4. The van der Waals surface area contributed by atoms with Crippen LogP contribution in [-0.4, -0.2) is 30.1 Å². The van der Waals surface area contributed by atoms with Crippen LogP contribution in [0.2, 0.25) is 0 Å². The van der Waals surface area contributed by atoms with E-state index in [-0.39, 0.29) is 23.3 Å². The Morgan fingerprint density at radius 1 is 1.09 bits per heavy atom. The summed E-state index contributed by atoms with van der Waals surface area (Å²) in [6, 6.07) is 16.5. The number of aromatic nitrogens is 1. The van der Waals surface area contributed by atoms with Gasteiger partial charge in [0.05, 0.1) is 12.1 Å². The number of rotatable bonds is 8. The van der Waals surface area contributed by atoms with Crippen molar-refractivity contribution < 1.29 is 27.4 Å². The molecule has 0 spiro atoms. The van der Waals surface area contributed by atoms with Gasteiger partial charge in [-0.3, -0.25) is 4.79 Å². The number of hydrogen-bond donors (Lipinski definition) is 1. The van der Waals surface area contributed by atoms with Crippen LogP contribution in [0, 0.1) is 12.7 Å². The summed E-state index contributed by atoms with van der Waals surface area (Å²) in [6.07, 6.45) is 1.26. The van der Waals surface area contributed by atoms with Crippen LogP contribution in [0.1, 0.15) is 24.5 Å². The first kappa shape index (κ1) is 23.5. The van der Waals surface area contributed by atoms with Gasteiger partial charge in [0.2, 0.25) is 0 Å². The molecule has 8 heteroatoms. The maximum absolute atomic E-state index is 14.2. The Kier molecular flexibility index (Phi) is 6.43. The molecule has 1 heterocycles. The summed E-state index contributed by atoms with van der Waals surface area (Å²) in [6.45, 7) is 3.89. The van der Waals surface area contributed by atoms with E-state index in [0.29, 0.717) is 34.4 Å². The van der Waals surface area contributed by atoms with Gasteiger partial charge < -0.3 is 9.84 Å². The standard InChI is InChI=1S/C26H24FNO5S/c1-3-33-24-13-11-21(18-7-5-4-6-8-18)26(17(24)2)34(31,32)28-16-19(9-14-25(29)30)22-15-20(27)10-12-23(22)28/h4-8,10-13,15-16H,3,9,14H2,1-2H3,(H,29,30). The lowest BCUT2D eigenvalue weighted by molar-refractivity contribution is -0.136. The molecule has 1 N–H and O–H groups in total. The molecule has 0 saturated heterocycles. The number of nitrogens with zero attached hydrogens (tertiary/aromatic N) is 1. The smallest absolute Gasteiger partial charge is 0.303 e. The van der Waals surface area contributed by atoms with E-state index in [0.717, 1.165) is 9.54 Å². The number of carbonyl (C=O) groups is 1. The fourth-order valence-corrected chi connectivity index (χ4v) is 5.97. The minimum atomic E-state index is -4.18. The van der Waals surface area contributed by atoms with Gasteiger partial charge in [-0.05, 0) is 61.7 Å². The Bertz CT molecular complexity index is 1480. The Hall–Kier alpha value is -3.65. The zero-order valence-corrected chi connectivity index (χ0v) is 19.6. The molecule has 0 radical (unpaired) electrons. The lowest BCUT2D eigenvalue weighted by Crippen LogP contribution is -2.15. The second kappa shape index (κ2) is 9.30. The predicted molar refractivity (Wildman–Crippen MR) is 128 cm³/mol. The summed E-state index contributed by atoms with van der Waals surface area (Å²) in [7, 11) is -4.18. The molecular formula is C26H24FNO5S. The van der Waals surface area contributed by atoms with Crippen LogP contribution in [0.25, 0.3) is 22.0 Å². The van der Waals surface area contributed by atoms with Gasteiger partial charge in [0.25, 0.3) is 10.0 Å². The number of aliphatic carboxylic acids is 1. The van der Waals surface area contributed by atoms with Crippen molar-refractivity contribution in [1.82, 2.24) is 3.97 Å². The molecule has 0 saturated carbocycles. The van der Waals surface area contributed by atoms with E-state index in [2.05, 4.69) is 0 Å². The van der Waals surface area contributed by atoms with Crippen molar-refractivity contribution in [2.75, 3.05) is 6.61 Å². The highest BCUT2D eigenvalue weighted by molar-refractivity contribution is 7.90. The summed E-state index contributed by atoms with van der Waals surface area (Å²) in [4.78, 5) is 11.2. The van der Waals surface area contributed by atoms with E-state index >= 15 is 0 Å². The second-order valence-corrected chi connectivity index (χ2v) is 9.63. The molecule has 4 aromatic rings. The zero-order chi connectivity index (χ0) is 24.5. The van der Waals surface area contributed by atoms with E-state index in [4.69, 9.17) is 9.84 Å². The minimum absolute atomic E-state index is 0.0708. The van der Waals surface area contributed by atoms with Crippen molar-refractivity contribution in [1.29, 1.82) is 0 Å². The summed E-state index contributed by atoms with van der Waals surface area (Å²) in [5.41, 5.74) is 2.42.